The van der Waals surface area contributed by atoms with Gasteiger partial charge in [0.05, 0.1) is 11.9 Å². The molecule has 0 aromatic carbocycles. The maximum absolute atomic E-state index is 4.34. The van der Waals surface area contributed by atoms with Crippen molar-refractivity contribution in [3.05, 3.63) is 12.4 Å². The largest absolute Gasteiger partial charge is 0.380 e. The van der Waals surface area contributed by atoms with E-state index in [1.54, 1.807) is 0 Å². The van der Waals surface area contributed by atoms with Gasteiger partial charge in [-0.25, -0.2) is 0 Å². The quantitative estimate of drug-likeness (QED) is 0.822. The molecule has 0 bridgehead atoms. The van der Waals surface area contributed by atoms with Crippen molar-refractivity contribution in [2.24, 2.45) is 0 Å². The van der Waals surface area contributed by atoms with Crippen LogP contribution in [0.1, 0.15) is 39.2 Å². The topological polar surface area (TPSA) is 41.9 Å². The molecule has 0 spiro atoms. The zero-order valence-corrected chi connectivity index (χ0v) is 10.2. The SMILES string of the molecule is CC(C)n1cc(NC2CCCNCC2)cn1. The molecule has 2 N–H and O–H groups in total. The fraction of sp³-hybridized carbons (Fsp3) is 0.750. The molecule has 1 saturated heterocycles. The van der Waals surface area contributed by atoms with E-state index in [2.05, 4.69) is 35.8 Å². The van der Waals surface area contributed by atoms with E-state index < -0.39 is 0 Å². The molecule has 1 atom stereocenters. The summed E-state index contributed by atoms with van der Waals surface area (Å²) in [6.45, 7) is 6.57. The molecule has 0 aliphatic carbocycles. The van der Waals surface area contributed by atoms with Crippen molar-refractivity contribution in [2.45, 2.75) is 45.2 Å². The molecule has 0 amide bonds. The average Bonchev–Trinajstić information content (AvgIpc) is 2.56. The lowest BCUT2D eigenvalue weighted by molar-refractivity contribution is 0.532. The summed E-state index contributed by atoms with van der Waals surface area (Å²) >= 11 is 0. The second-order valence-corrected chi connectivity index (χ2v) is 4.82. The van der Waals surface area contributed by atoms with Crippen molar-refractivity contribution >= 4 is 5.69 Å². The maximum atomic E-state index is 4.34. The molecule has 1 aromatic rings. The summed E-state index contributed by atoms with van der Waals surface area (Å²) in [5.41, 5.74) is 1.15. The average molecular weight is 222 g/mol. The molecule has 1 fully saturated rings. The second kappa shape index (κ2) is 5.34. The maximum Gasteiger partial charge on any atom is 0.0728 e. The van der Waals surface area contributed by atoms with Gasteiger partial charge < -0.3 is 10.6 Å². The molecule has 16 heavy (non-hydrogen) atoms. The van der Waals surface area contributed by atoms with Gasteiger partial charge in [-0.2, -0.15) is 5.10 Å². The van der Waals surface area contributed by atoms with Crippen LogP contribution >= 0.6 is 0 Å². The number of nitrogens with one attached hydrogen (secondary N) is 2. The van der Waals surface area contributed by atoms with Gasteiger partial charge in [0.1, 0.15) is 0 Å². The zero-order chi connectivity index (χ0) is 11.4. The number of nitrogens with zero attached hydrogens (tertiary/aromatic N) is 2. The van der Waals surface area contributed by atoms with Gasteiger partial charge in [0.25, 0.3) is 0 Å². The highest BCUT2D eigenvalue weighted by Crippen LogP contribution is 2.15. The minimum absolute atomic E-state index is 0.436. The third-order valence-electron chi connectivity index (χ3n) is 3.08. The predicted octanol–water partition coefficient (Wildman–Crippen LogP) is 2.02. The molecule has 2 rings (SSSR count). The van der Waals surface area contributed by atoms with Gasteiger partial charge in [-0.3, -0.25) is 4.68 Å². The first-order valence-corrected chi connectivity index (χ1v) is 6.27. The van der Waals surface area contributed by atoms with Crippen LogP contribution in [0.3, 0.4) is 0 Å². The van der Waals surface area contributed by atoms with Crippen molar-refractivity contribution < 1.29 is 0 Å². The summed E-state index contributed by atoms with van der Waals surface area (Å²) in [5.74, 6) is 0. The molecular weight excluding hydrogens is 200 g/mol. The number of hydrogen-bond donors (Lipinski definition) is 2. The van der Waals surface area contributed by atoms with Gasteiger partial charge >= 0.3 is 0 Å². The summed E-state index contributed by atoms with van der Waals surface area (Å²) in [6, 6.07) is 1.03. The standard InChI is InChI=1S/C12H22N4/c1-10(2)16-9-12(8-14-16)15-11-4-3-6-13-7-5-11/h8-11,13,15H,3-7H2,1-2H3. The van der Waals surface area contributed by atoms with Crippen molar-refractivity contribution in [3.8, 4) is 0 Å². The lowest BCUT2D eigenvalue weighted by Gasteiger charge is -2.15. The van der Waals surface area contributed by atoms with Crippen LogP contribution in [0.5, 0.6) is 0 Å². The molecule has 1 aromatic heterocycles. The Morgan fingerprint density at radius 1 is 1.44 bits per heavy atom. The first-order chi connectivity index (χ1) is 7.75. The lowest BCUT2D eigenvalue weighted by atomic mass is 10.1. The molecule has 4 heteroatoms. The monoisotopic (exact) mass is 222 g/mol. The van der Waals surface area contributed by atoms with Gasteiger partial charge in [0.2, 0.25) is 0 Å². The number of rotatable bonds is 3. The first kappa shape index (κ1) is 11.5. The number of hydrogen-bond acceptors (Lipinski definition) is 3. The third-order valence-corrected chi connectivity index (χ3v) is 3.08. The Morgan fingerprint density at radius 2 is 2.31 bits per heavy atom. The Morgan fingerprint density at radius 3 is 3.06 bits per heavy atom. The molecular formula is C12H22N4. The highest BCUT2D eigenvalue weighted by Gasteiger charge is 2.12. The molecule has 1 aliphatic rings. The van der Waals surface area contributed by atoms with E-state index in [1.807, 2.05) is 10.9 Å². The van der Waals surface area contributed by atoms with Crippen molar-refractivity contribution in [2.75, 3.05) is 18.4 Å². The van der Waals surface area contributed by atoms with Crippen LogP contribution in [-0.4, -0.2) is 28.9 Å². The van der Waals surface area contributed by atoms with Crippen LogP contribution in [-0.2, 0) is 0 Å². The van der Waals surface area contributed by atoms with Crippen LogP contribution in [0, 0.1) is 0 Å². The fourth-order valence-electron chi connectivity index (χ4n) is 2.09. The Hall–Kier alpha value is -1.03. The highest BCUT2D eigenvalue weighted by molar-refractivity contribution is 5.39. The minimum Gasteiger partial charge on any atom is -0.380 e. The van der Waals surface area contributed by atoms with Crippen molar-refractivity contribution in [1.29, 1.82) is 0 Å². The van der Waals surface area contributed by atoms with Crippen LogP contribution < -0.4 is 10.6 Å². The Bertz CT molecular complexity index is 311. The van der Waals surface area contributed by atoms with Crippen LogP contribution in [0.25, 0.3) is 0 Å². The molecule has 0 radical (unpaired) electrons. The Kier molecular flexibility index (Phi) is 3.83. The van der Waals surface area contributed by atoms with E-state index >= 15 is 0 Å². The van der Waals surface area contributed by atoms with Gasteiger partial charge in [-0.15, -0.1) is 0 Å². The predicted molar refractivity (Wildman–Crippen MR) is 66.7 cm³/mol. The van der Waals surface area contributed by atoms with Crippen LogP contribution in [0.15, 0.2) is 12.4 Å². The summed E-state index contributed by atoms with van der Waals surface area (Å²) in [5, 5.41) is 11.3. The highest BCUT2D eigenvalue weighted by atomic mass is 15.3. The van der Waals surface area contributed by atoms with E-state index in [1.165, 1.54) is 19.3 Å². The van der Waals surface area contributed by atoms with Gasteiger partial charge in [-0.05, 0) is 46.2 Å². The summed E-state index contributed by atoms with van der Waals surface area (Å²) < 4.78 is 2.00. The van der Waals surface area contributed by atoms with Crippen LogP contribution in [0.2, 0.25) is 0 Å². The minimum atomic E-state index is 0.436. The fourth-order valence-corrected chi connectivity index (χ4v) is 2.09. The second-order valence-electron chi connectivity index (χ2n) is 4.82. The lowest BCUT2D eigenvalue weighted by Crippen LogP contribution is -2.21. The van der Waals surface area contributed by atoms with E-state index in [4.69, 9.17) is 0 Å². The summed E-state index contributed by atoms with van der Waals surface area (Å²) in [6.07, 6.45) is 7.74. The van der Waals surface area contributed by atoms with Gasteiger partial charge in [-0.1, -0.05) is 0 Å². The summed E-state index contributed by atoms with van der Waals surface area (Å²) in [4.78, 5) is 0. The number of aromatic nitrogens is 2. The normalized spacial score (nSPS) is 22.1. The first-order valence-electron chi connectivity index (χ1n) is 6.27. The molecule has 4 nitrogen and oxygen atoms in total. The Balaban J connectivity index is 1.91. The van der Waals surface area contributed by atoms with E-state index in [-0.39, 0.29) is 0 Å². The zero-order valence-electron chi connectivity index (χ0n) is 10.2. The van der Waals surface area contributed by atoms with E-state index in [0.717, 1.165) is 18.8 Å². The van der Waals surface area contributed by atoms with Crippen LogP contribution in [0.4, 0.5) is 5.69 Å². The third kappa shape index (κ3) is 2.98. The van der Waals surface area contributed by atoms with Crippen molar-refractivity contribution in [1.82, 2.24) is 15.1 Å². The molecule has 2 heterocycles. The number of anilines is 1. The van der Waals surface area contributed by atoms with Crippen molar-refractivity contribution in [3.63, 3.8) is 0 Å². The van der Waals surface area contributed by atoms with Gasteiger partial charge in [0.15, 0.2) is 0 Å². The van der Waals surface area contributed by atoms with E-state index in [0.29, 0.717) is 12.1 Å². The molecule has 1 unspecified atom stereocenters. The Labute approximate surface area is 97.4 Å². The molecule has 1 aliphatic heterocycles. The van der Waals surface area contributed by atoms with Gasteiger partial charge in [0, 0.05) is 18.3 Å². The smallest absolute Gasteiger partial charge is 0.0728 e. The molecule has 90 valence electrons. The van der Waals surface area contributed by atoms with E-state index in [9.17, 15) is 0 Å². The molecule has 0 saturated carbocycles. The summed E-state index contributed by atoms with van der Waals surface area (Å²) in [7, 11) is 0.